The SMILES string of the molecule is COC(=O)C1CC(C#N)(c2ccc([N+](=O)[O-])cc2)CCC1=O.COC(=O)CCC(C#N)(CCC(=O)OC)c1ccc([N+](=O)[O-])cc1. The number of esters is 3. The van der Waals surface area contributed by atoms with E-state index in [1.165, 1.54) is 69.9 Å². The summed E-state index contributed by atoms with van der Waals surface area (Å²) in [6.07, 6.45) is 0.658. The average Bonchev–Trinajstić information content (AvgIpc) is 3.08. The van der Waals surface area contributed by atoms with Gasteiger partial charge in [-0.05, 0) is 36.8 Å². The first-order valence-corrected chi connectivity index (χ1v) is 13.9. The molecule has 15 nitrogen and oxygen atoms in total. The highest BCUT2D eigenvalue weighted by Gasteiger charge is 2.45. The Morgan fingerprint density at radius 1 is 0.870 bits per heavy atom. The second-order valence-electron chi connectivity index (χ2n) is 10.4. The molecule has 0 aromatic heterocycles. The summed E-state index contributed by atoms with van der Waals surface area (Å²) in [7, 11) is 3.69. The lowest BCUT2D eigenvalue weighted by atomic mass is 9.66. The van der Waals surface area contributed by atoms with Crippen LogP contribution in [0.3, 0.4) is 0 Å². The van der Waals surface area contributed by atoms with Gasteiger partial charge in [-0.2, -0.15) is 10.5 Å². The normalized spacial score (nSPS) is 17.2. The van der Waals surface area contributed by atoms with Crippen molar-refractivity contribution in [3.63, 3.8) is 0 Å². The molecule has 0 N–H and O–H groups in total. The molecule has 15 heteroatoms. The quantitative estimate of drug-likeness (QED) is 0.111. The molecule has 0 bridgehead atoms. The monoisotopic (exact) mass is 636 g/mol. The first kappa shape index (κ1) is 36.5. The first-order valence-electron chi connectivity index (χ1n) is 13.9. The van der Waals surface area contributed by atoms with Crippen LogP contribution in [0.1, 0.15) is 56.1 Å². The van der Waals surface area contributed by atoms with E-state index in [1.807, 2.05) is 0 Å². The third-order valence-corrected chi connectivity index (χ3v) is 7.88. The van der Waals surface area contributed by atoms with Gasteiger partial charge in [0.2, 0.25) is 0 Å². The molecule has 0 radical (unpaired) electrons. The van der Waals surface area contributed by atoms with Crippen LogP contribution in [0.2, 0.25) is 0 Å². The number of nitriles is 2. The minimum Gasteiger partial charge on any atom is -0.469 e. The minimum atomic E-state index is -1.14. The van der Waals surface area contributed by atoms with Crippen LogP contribution in [0.15, 0.2) is 48.5 Å². The number of ketones is 1. The predicted octanol–water partition coefficient (Wildman–Crippen LogP) is 4.16. The van der Waals surface area contributed by atoms with Gasteiger partial charge in [0.15, 0.2) is 0 Å². The van der Waals surface area contributed by atoms with E-state index in [-0.39, 0.29) is 62.1 Å². The molecule has 0 amide bonds. The number of carbonyl (C=O) groups is 4. The van der Waals surface area contributed by atoms with E-state index in [0.717, 1.165) is 0 Å². The van der Waals surface area contributed by atoms with Crippen LogP contribution < -0.4 is 0 Å². The standard InChI is InChI=1S/C16H18N2O6.C15H14N2O5/c1-23-14(19)7-9-16(11-17,10-8-15(20)24-2)12-3-5-13(6-4-12)18(21)22;1-22-14(19)12-8-15(9-16,7-6-13(12)18)10-2-4-11(5-3-10)17(20)21/h3-6H,7-10H2,1-2H3;2-5,12H,6-8H2,1H3. The number of nitro benzene ring substituents is 2. The second-order valence-corrected chi connectivity index (χ2v) is 10.4. The van der Waals surface area contributed by atoms with Gasteiger partial charge in [-0.25, -0.2) is 0 Å². The molecule has 0 heterocycles. The Morgan fingerprint density at radius 3 is 1.74 bits per heavy atom. The van der Waals surface area contributed by atoms with Gasteiger partial charge in [-0.3, -0.25) is 39.4 Å². The molecule has 46 heavy (non-hydrogen) atoms. The lowest BCUT2D eigenvalue weighted by molar-refractivity contribution is -0.385. The number of hydrogen-bond donors (Lipinski definition) is 0. The van der Waals surface area contributed by atoms with Gasteiger partial charge < -0.3 is 14.2 Å². The summed E-state index contributed by atoms with van der Waals surface area (Å²) in [5, 5.41) is 40.7. The molecule has 1 fully saturated rings. The Labute approximate surface area is 264 Å². The molecule has 0 spiro atoms. The summed E-state index contributed by atoms with van der Waals surface area (Å²) < 4.78 is 13.8. The second kappa shape index (κ2) is 16.4. The molecular formula is C31H32N4O11. The average molecular weight is 637 g/mol. The Morgan fingerprint density at radius 2 is 1.35 bits per heavy atom. The molecule has 0 aliphatic heterocycles. The summed E-state index contributed by atoms with van der Waals surface area (Å²) in [6.45, 7) is 0. The molecule has 2 atom stereocenters. The lowest BCUT2D eigenvalue weighted by Gasteiger charge is -2.34. The molecule has 3 rings (SSSR count). The molecule has 1 saturated carbocycles. The first-order chi connectivity index (χ1) is 21.8. The number of nitrogens with zero attached hydrogens (tertiary/aromatic N) is 4. The van der Waals surface area contributed by atoms with E-state index in [2.05, 4.69) is 26.3 Å². The number of hydrogen-bond acceptors (Lipinski definition) is 13. The van der Waals surface area contributed by atoms with Gasteiger partial charge in [-0.15, -0.1) is 0 Å². The molecule has 2 aromatic rings. The van der Waals surface area contributed by atoms with Crippen LogP contribution in [0.5, 0.6) is 0 Å². The number of rotatable bonds is 11. The highest BCUT2D eigenvalue weighted by Crippen LogP contribution is 2.41. The van der Waals surface area contributed by atoms with Crippen molar-refractivity contribution in [2.24, 2.45) is 5.92 Å². The zero-order chi connectivity index (χ0) is 34.5. The Hall–Kier alpha value is -5.70. The van der Waals surface area contributed by atoms with Crippen molar-refractivity contribution < 1.29 is 43.2 Å². The van der Waals surface area contributed by atoms with E-state index in [9.17, 15) is 49.9 Å². The van der Waals surface area contributed by atoms with Gasteiger partial charge in [0.05, 0.1) is 54.1 Å². The van der Waals surface area contributed by atoms with Crippen LogP contribution >= 0.6 is 0 Å². The topological polar surface area (TPSA) is 230 Å². The molecule has 0 saturated heterocycles. The predicted molar refractivity (Wildman–Crippen MR) is 158 cm³/mol. The van der Waals surface area contributed by atoms with Crippen LogP contribution in [0, 0.1) is 48.8 Å². The van der Waals surface area contributed by atoms with Crippen molar-refractivity contribution in [2.45, 2.75) is 55.8 Å². The summed E-state index contributed by atoms with van der Waals surface area (Å²) >= 11 is 0. The number of nitro groups is 2. The molecule has 1 aliphatic rings. The van der Waals surface area contributed by atoms with Crippen LogP contribution in [-0.4, -0.2) is 54.9 Å². The molecule has 2 unspecified atom stereocenters. The molecular weight excluding hydrogens is 604 g/mol. The molecule has 242 valence electrons. The molecule has 1 aliphatic carbocycles. The Balaban J connectivity index is 0.000000321. The fourth-order valence-corrected chi connectivity index (χ4v) is 5.09. The van der Waals surface area contributed by atoms with Gasteiger partial charge in [-0.1, -0.05) is 24.3 Å². The third kappa shape index (κ3) is 8.92. The van der Waals surface area contributed by atoms with Crippen LogP contribution in [-0.2, 0) is 44.2 Å². The van der Waals surface area contributed by atoms with Crippen LogP contribution in [0.4, 0.5) is 11.4 Å². The lowest BCUT2D eigenvalue weighted by Crippen LogP contribution is -2.40. The van der Waals surface area contributed by atoms with Crippen molar-refractivity contribution in [1.82, 2.24) is 0 Å². The van der Waals surface area contributed by atoms with Crippen molar-refractivity contribution in [3.8, 4) is 12.1 Å². The van der Waals surface area contributed by atoms with E-state index in [1.54, 1.807) is 0 Å². The summed E-state index contributed by atoms with van der Waals surface area (Å²) in [6, 6.07) is 15.5. The fraction of sp³-hybridized carbons (Fsp3) is 0.419. The fourth-order valence-electron chi connectivity index (χ4n) is 5.09. The van der Waals surface area contributed by atoms with E-state index in [0.29, 0.717) is 11.1 Å². The maximum absolute atomic E-state index is 11.9. The summed E-state index contributed by atoms with van der Waals surface area (Å²) in [4.78, 5) is 66.8. The van der Waals surface area contributed by atoms with Crippen molar-refractivity contribution in [3.05, 3.63) is 79.9 Å². The van der Waals surface area contributed by atoms with Gasteiger partial charge in [0.25, 0.3) is 11.4 Å². The van der Waals surface area contributed by atoms with Gasteiger partial charge in [0.1, 0.15) is 11.7 Å². The number of Topliss-reactive ketones (excluding diaryl/α,β-unsaturated/α-hetero) is 1. The summed E-state index contributed by atoms with van der Waals surface area (Å²) in [5.74, 6) is -2.80. The Kier molecular flexibility index (Phi) is 13.0. The zero-order valence-corrected chi connectivity index (χ0v) is 25.4. The number of carbonyl (C=O) groups excluding carboxylic acids is 4. The van der Waals surface area contributed by atoms with Crippen molar-refractivity contribution in [1.29, 1.82) is 10.5 Å². The maximum Gasteiger partial charge on any atom is 0.316 e. The highest BCUT2D eigenvalue weighted by atomic mass is 16.6. The number of ether oxygens (including phenoxy) is 3. The largest absolute Gasteiger partial charge is 0.469 e. The van der Waals surface area contributed by atoms with Crippen molar-refractivity contribution >= 4 is 35.1 Å². The van der Waals surface area contributed by atoms with Crippen LogP contribution in [0.25, 0.3) is 0 Å². The maximum atomic E-state index is 11.9. The number of benzene rings is 2. The third-order valence-electron chi connectivity index (χ3n) is 7.88. The summed E-state index contributed by atoms with van der Waals surface area (Å²) in [5.41, 5.74) is -1.26. The van der Waals surface area contributed by atoms with E-state index >= 15 is 0 Å². The smallest absolute Gasteiger partial charge is 0.316 e. The van der Waals surface area contributed by atoms with E-state index < -0.39 is 44.5 Å². The number of non-ortho nitro benzene ring substituents is 2. The Bertz CT molecular complexity index is 1510. The van der Waals surface area contributed by atoms with Gasteiger partial charge in [0, 0.05) is 43.5 Å². The highest BCUT2D eigenvalue weighted by molar-refractivity contribution is 6.00. The zero-order valence-electron chi connectivity index (χ0n) is 25.4. The van der Waals surface area contributed by atoms with Crippen molar-refractivity contribution in [2.75, 3.05) is 21.3 Å². The molecule has 2 aromatic carbocycles. The van der Waals surface area contributed by atoms with E-state index in [4.69, 9.17) is 0 Å². The number of methoxy groups -OCH3 is 3. The minimum absolute atomic E-state index is 0.0117. The van der Waals surface area contributed by atoms with Gasteiger partial charge >= 0.3 is 17.9 Å².